The maximum atomic E-state index is 13.0. The molecular weight excluding hydrogens is 548 g/mol. The molecule has 0 fully saturated rings. The SMILES string of the molecule is CCc1c(-c2nnc(SCC(=O)Nc3scc(-c4ccc(Cl)cc4)c3C(=O)OC)n2C(C)C)csc1C. The first-order valence-electron chi connectivity index (χ1n) is 11.7. The minimum Gasteiger partial charge on any atom is -0.465 e. The summed E-state index contributed by atoms with van der Waals surface area (Å²) in [6.07, 6.45) is 0.919. The molecule has 1 N–H and O–H groups in total. The Morgan fingerprint density at radius 1 is 1.14 bits per heavy atom. The molecule has 0 aliphatic heterocycles. The van der Waals surface area contributed by atoms with Crippen molar-refractivity contribution >= 4 is 62.9 Å². The van der Waals surface area contributed by atoms with Gasteiger partial charge >= 0.3 is 5.97 Å². The van der Waals surface area contributed by atoms with E-state index in [1.165, 1.54) is 40.6 Å². The Balaban J connectivity index is 1.54. The molecule has 7 nitrogen and oxygen atoms in total. The van der Waals surface area contributed by atoms with Gasteiger partial charge in [-0.1, -0.05) is 42.4 Å². The van der Waals surface area contributed by atoms with Gasteiger partial charge in [0.1, 0.15) is 10.6 Å². The lowest BCUT2D eigenvalue weighted by Gasteiger charge is -2.14. The smallest absolute Gasteiger partial charge is 0.341 e. The Hall–Kier alpha value is -2.66. The van der Waals surface area contributed by atoms with Gasteiger partial charge in [0.15, 0.2) is 11.0 Å². The standard InChI is InChI=1S/C26H27ClN4O3S3/c1-6-18-15(4)35-12-20(18)23-29-30-26(31(23)14(2)3)37-13-21(32)28-24-22(25(33)34-5)19(11-36-24)16-7-9-17(27)10-8-16/h7-12,14H,6,13H2,1-5H3,(H,28,32). The zero-order valence-electron chi connectivity index (χ0n) is 21.1. The summed E-state index contributed by atoms with van der Waals surface area (Å²) < 4.78 is 7.08. The van der Waals surface area contributed by atoms with E-state index in [0.717, 1.165) is 23.4 Å². The lowest BCUT2D eigenvalue weighted by Crippen LogP contribution is -2.16. The molecule has 0 aliphatic rings. The van der Waals surface area contributed by atoms with Gasteiger partial charge in [-0.05, 0) is 50.5 Å². The molecule has 0 bridgehead atoms. The number of thioether (sulfide) groups is 1. The number of halogens is 1. The van der Waals surface area contributed by atoms with Crippen LogP contribution in [0, 0.1) is 6.92 Å². The summed E-state index contributed by atoms with van der Waals surface area (Å²) in [5, 5.41) is 17.4. The van der Waals surface area contributed by atoms with Gasteiger partial charge in [-0.3, -0.25) is 9.36 Å². The van der Waals surface area contributed by atoms with Crippen LogP contribution < -0.4 is 5.32 Å². The van der Waals surface area contributed by atoms with E-state index < -0.39 is 5.97 Å². The number of hydrogen-bond donors (Lipinski definition) is 1. The quantitative estimate of drug-likeness (QED) is 0.166. The van der Waals surface area contributed by atoms with E-state index in [-0.39, 0.29) is 17.7 Å². The van der Waals surface area contributed by atoms with Gasteiger partial charge in [0.2, 0.25) is 5.91 Å². The largest absolute Gasteiger partial charge is 0.465 e. The molecule has 37 heavy (non-hydrogen) atoms. The molecule has 0 unspecified atom stereocenters. The number of thiophene rings is 2. The van der Waals surface area contributed by atoms with Crippen molar-refractivity contribution in [2.45, 2.75) is 45.3 Å². The van der Waals surface area contributed by atoms with Crippen molar-refractivity contribution in [1.29, 1.82) is 0 Å². The molecule has 0 saturated heterocycles. The number of amides is 1. The Bertz CT molecular complexity index is 1420. The molecule has 4 aromatic rings. The number of aryl methyl sites for hydroxylation is 1. The Morgan fingerprint density at radius 3 is 2.49 bits per heavy atom. The molecule has 4 rings (SSSR count). The molecule has 0 radical (unpaired) electrons. The minimum atomic E-state index is -0.517. The van der Waals surface area contributed by atoms with Crippen LogP contribution in [-0.4, -0.2) is 39.5 Å². The number of methoxy groups -OCH3 is 1. The highest BCUT2D eigenvalue weighted by Crippen LogP contribution is 2.37. The number of carbonyl (C=O) groups excluding carboxylic acids is 2. The Kier molecular flexibility index (Phi) is 8.74. The number of benzene rings is 1. The maximum Gasteiger partial charge on any atom is 0.341 e. The number of nitrogens with zero attached hydrogens (tertiary/aromatic N) is 3. The van der Waals surface area contributed by atoms with Crippen LogP contribution >= 0.6 is 46.0 Å². The lowest BCUT2D eigenvalue weighted by atomic mass is 10.0. The first kappa shape index (κ1) is 27.4. The van der Waals surface area contributed by atoms with Crippen molar-refractivity contribution in [3.05, 3.63) is 56.1 Å². The summed E-state index contributed by atoms with van der Waals surface area (Å²) in [7, 11) is 1.32. The summed E-state index contributed by atoms with van der Waals surface area (Å²) in [5.41, 5.74) is 4.18. The number of ether oxygens (including phenoxy) is 1. The van der Waals surface area contributed by atoms with Crippen molar-refractivity contribution in [2.24, 2.45) is 0 Å². The predicted octanol–water partition coefficient (Wildman–Crippen LogP) is 7.36. The van der Waals surface area contributed by atoms with Crippen molar-refractivity contribution in [2.75, 3.05) is 18.2 Å². The van der Waals surface area contributed by atoms with E-state index in [1.807, 2.05) is 17.5 Å². The van der Waals surface area contributed by atoms with Crippen LogP contribution in [0.4, 0.5) is 5.00 Å². The maximum absolute atomic E-state index is 13.0. The Labute approximate surface area is 233 Å². The number of carbonyl (C=O) groups is 2. The summed E-state index contributed by atoms with van der Waals surface area (Å²) in [6, 6.07) is 7.28. The second kappa shape index (κ2) is 11.8. The van der Waals surface area contributed by atoms with E-state index in [2.05, 4.69) is 53.2 Å². The minimum absolute atomic E-state index is 0.114. The molecule has 0 atom stereocenters. The molecule has 0 saturated carbocycles. The van der Waals surface area contributed by atoms with Crippen LogP contribution in [0.25, 0.3) is 22.5 Å². The third kappa shape index (κ3) is 5.77. The number of nitrogens with one attached hydrogen (secondary N) is 1. The normalized spacial score (nSPS) is 11.2. The molecular formula is C26H27ClN4O3S3. The number of esters is 1. The van der Waals surface area contributed by atoms with E-state index in [4.69, 9.17) is 16.3 Å². The summed E-state index contributed by atoms with van der Waals surface area (Å²) in [6.45, 7) is 8.41. The molecule has 0 aliphatic carbocycles. The van der Waals surface area contributed by atoms with E-state index in [9.17, 15) is 9.59 Å². The molecule has 3 aromatic heterocycles. The first-order valence-corrected chi connectivity index (χ1v) is 14.8. The van der Waals surface area contributed by atoms with E-state index >= 15 is 0 Å². The third-order valence-corrected chi connectivity index (χ3v) is 8.84. The zero-order chi connectivity index (χ0) is 26.7. The van der Waals surface area contributed by atoms with E-state index in [0.29, 0.717) is 26.3 Å². The van der Waals surface area contributed by atoms with Crippen LogP contribution in [0.3, 0.4) is 0 Å². The first-order chi connectivity index (χ1) is 17.7. The Morgan fingerprint density at radius 2 is 1.84 bits per heavy atom. The molecule has 1 aromatic carbocycles. The van der Waals surface area contributed by atoms with Gasteiger partial charge in [-0.15, -0.1) is 32.9 Å². The average Bonchev–Trinajstić information content (AvgIpc) is 3.59. The van der Waals surface area contributed by atoms with Gasteiger partial charge in [0.25, 0.3) is 0 Å². The van der Waals surface area contributed by atoms with Crippen LogP contribution in [0.15, 0.2) is 40.2 Å². The molecule has 1 amide bonds. The number of aromatic nitrogens is 3. The topological polar surface area (TPSA) is 86.1 Å². The predicted molar refractivity (Wildman–Crippen MR) is 153 cm³/mol. The van der Waals surface area contributed by atoms with Gasteiger partial charge < -0.3 is 10.1 Å². The van der Waals surface area contributed by atoms with Crippen molar-refractivity contribution < 1.29 is 14.3 Å². The second-order valence-corrected chi connectivity index (χ2v) is 11.8. The molecule has 194 valence electrons. The number of anilines is 1. The van der Waals surface area contributed by atoms with Crippen LogP contribution in [0.2, 0.25) is 5.02 Å². The summed E-state index contributed by atoms with van der Waals surface area (Å²) in [5.74, 6) is 0.164. The van der Waals surface area contributed by atoms with E-state index in [1.54, 1.807) is 23.5 Å². The summed E-state index contributed by atoms with van der Waals surface area (Å²) in [4.78, 5) is 26.8. The van der Waals surface area contributed by atoms with Gasteiger partial charge in [-0.25, -0.2) is 4.79 Å². The van der Waals surface area contributed by atoms with Crippen LogP contribution in [0.5, 0.6) is 0 Å². The van der Waals surface area contributed by atoms with Crippen LogP contribution in [-0.2, 0) is 16.0 Å². The number of rotatable bonds is 9. The zero-order valence-corrected chi connectivity index (χ0v) is 24.3. The molecule has 11 heteroatoms. The second-order valence-electron chi connectivity index (χ2n) is 8.50. The van der Waals surface area contributed by atoms with Crippen molar-refractivity contribution in [1.82, 2.24) is 14.8 Å². The van der Waals surface area contributed by atoms with Crippen LogP contribution in [0.1, 0.15) is 47.6 Å². The van der Waals surface area contributed by atoms with Gasteiger partial charge in [0.05, 0.1) is 12.9 Å². The van der Waals surface area contributed by atoms with Crippen molar-refractivity contribution in [3.63, 3.8) is 0 Å². The third-order valence-electron chi connectivity index (χ3n) is 5.80. The molecule has 0 spiro atoms. The fraction of sp³-hybridized carbons (Fsp3) is 0.308. The monoisotopic (exact) mass is 574 g/mol. The summed E-state index contributed by atoms with van der Waals surface area (Å²) >= 11 is 10.3. The fourth-order valence-corrected chi connectivity index (χ4v) is 6.93. The van der Waals surface area contributed by atoms with Gasteiger partial charge in [0, 0.05) is 37.8 Å². The molecule has 3 heterocycles. The van der Waals surface area contributed by atoms with Gasteiger partial charge in [-0.2, -0.15) is 0 Å². The fourth-order valence-electron chi connectivity index (χ4n) is 4.02. The van der Waals surface area contributed by atoms with Crippen molar-refractivity contribution in [3.8, 4) is 22.5 Å². The highest BCUT2D eigenvalue weighted by molar-refractivity contribution is 7.99. The number of hydrogen-bond acceptors (Lipinski definition) is 8. The highest BCUT2D eigenvalue weighted by Gasteiger charge is 2.24. The lowest BCUT2D eigenvalue weighted by molar-refractivity contribution is -0.113. The highest BCUT2D eigenvalue weighted by atomic mass is 35.5. The average molecular weight is 575 g/mol.